The fourth-order valence-corrected chi connectivity index (χ4v) is 3.68. The van der Waals surface area contributed by atoms with Crippen molar-refractivity contribution in [2.75, 3.05) is 37.4 Å². The summed E-state index contributed by atoms with van der Waals surface area (Å²) in [6.07, 6.45) is 2.21. The van der Waals surface area contributed by atoms with E-state index in [0.717, 1.165) is 25.5 Å². The van der Waals surface area contributed by atoms with E-state index >= 15 is 0 Å². The van der Waals surface area contributed by atoms with Gasteiger partial charge in [0, 0.05) is 25.0 Å². The van der Waals surface area contributed by atoms with E-state index in [0.29, 0.717) is 18.9 Å². The Morgan fingerprint density at radius 3 is 2.63 bits per heavy atom. The second-order valence-corrected chi connectivity index (χ2v) is 8.37. The van der Waals surface area contributed by atoms with Gasteiger partial charge in [0.15, 0.2) is 15.8 Å². The molecular weight excluding hydrogens is 362 g/mol. The maximum atomic E-state index is 11.5. The van der Waals surface area contributed by atoms with Gasteiger partial charge in [0.05, 0.1) is 11.4 Å². The van der Waals surface area contributed by atoms with Gasteiger partial charge < -0.3 is 15.0 Å². The smallest absolute Gasteiger partial charge is 0.198 e. The Hall–Kier alpha value is -2.54. The standard InChI is InChI=1S/C20H25N3O3S/c1-3-21-20(23-14-12-16-6-4-5-7-19(16)23)22-13-15-26-17-8-10-18(11-9-17)27(2,24)25/h4-11H,3,12-15H2,1-2H3,(H,21,22). The van der Waals surface area contributed by atoms with E-state index in [1.165, 1.54) is 17.5 Å². The van der Waals surface area contributed by atoms with Crippen LogP contribution < -0.4 is 15.0 Å². The molecule has 0 unspecified atom stereocenters. The van der Waals surface area contributed by atoms with Gasteiger partial charge in [-0.2, -0.15) is 0 Å². The molecule has 0 saturated heterocycles. The number of sulfone groups is 1. The molecule has 3 rings (SSSR count). The van der Waals surface area contributed by atoms with Crippen LogP contribution in [-0.4, -0.2) is 46.9 Å². The molecule has 0 atom stereocenters. The van der Waals surface area contributed by atoms with Crippen molar-refractivity contribution in [3.8, 4) is 5.75 Å². The van der Waals surface area contributed by atoms with Gasteiger partial charge >= 0.3 is 0 Å². The lowest BCUT2D eigenvalue weighted by molar-refractivity contribution is 0.328. The lowest BCUT2D eigenvalue weighted by Crippen LogP contribution is -2.40. The molecule has 0 spiro atoms. The number of nitrogens with zero attached hydrogens (tertiary/aromatic N) is 2. The Bertz CT molecular complexity index is 908. The van der Waals surface area contributed by atoms with Gasteiger partial charge in [-0.05, 0) is 49.2 Å². The minimum Gasteiger partial charge on any atom is -0.492 e. The highest BCUT2D eigenvalue weighted by Crippen LogP contribution is 2.27. The number of anilines is 1. The normalized spacial score (nSPS) is 14.1. The molecular formula is C20H25N3O3S. The van der Waals surface area contributed by atoms with Crippen molar-refractivity contribution in [1.29, 1.82) is 0 Å². The lowest BCUT2D eigenvalue weighted by atomic mass is 10.2. The number of hydrogen-bond acceptors (Lipinski definition) is 4. The van der Waals surface area contributed by atoms with E-state index < -0.39 is 9.84 Å². The Morgan fingerprint density at radius 1 is 1.19 bits per heavy atom. The molecule has 1 aliphatic rings. The quantitative estimate of drug-likeness (QED) is 0.468. The minimum absolute atomic E-state index is 0.287. The zero-order valence-electron chi connectivity index (χ0n) is 15.7. The van der Waals surface area contributed by atoms with Crippen molar-refractivity contribution >= 4 is 21.5 Å². The average Bonchev–Trinajstić information content (AvgIpc) is 3.08. The SMILES string of the molecule is CCNC(=NCCOc1ccc(S(C)(=O)=O)cc1)N1CCc2ccccc21. The molecule has 0 aliphatic carbocycles. The van der Waals surface area contributed by atoms with Crippen LogP contribution in [-0.2, 0) is 16.3 Å². The highest BCUT2D eigenvalue weighted by Gasteiger charge is 2.22. The molecule has 144 valence electrons. The largest absolute Gasteiger partial charge is 0.492 e. The van der Waals surface area contributed by atoms with E-state index in [2.05, 4.69) is 40.3 Å². The van der Waals surface area contributed by atoms with Gasteiger partial charge in [0.1, 0.15) is 12.4 Å². The van der Waals surface area contributed by atoms with Crippen LogP contribution in [0, 0.1) is 0 Å². The number of guanidine groups is 1. The van der Waals surface area contributed by atoms with Gasteiger partial charge in [0.2, 0.25) is 0 Å². The molecule has 0 fully saturated rings. The zero-order chi connectivity index (χ0) is 19.3. The van der Waals surface area contributed by atoms with Crippen molar-refractivity contribution in [2.45, 2.75) is 18.2 Å². The first-order valence-corrected chi connectivity index (χ1v) is 10.9. The first-order valence-electron chi connectivity index (χ1n) is 9.05. The van der Waals surface area contributed by atoms with Crippen LogP contribution in [0.2, 0.25) is 0 Å². The summed E-state index contributed by atoms with van der Waals surface area (Å²) in [6, 6.07) is 14.8. The summed E-state index contributed by atoms with van der Waals surface area (Å²) in [5.74, 6) is 1.49. The van der Waals surface area contributed by atoms with Crippen LogP contribution >= 0.6 is 0 Å². The number of aliphatic imine (C=N–C) groups is 1. The Balaban J connectivity index is 1.60. The number of rotatable bonds is 6. The van der Waals surface area contributed by atoms with Crippen molar-refractivity contribution in [3.05, 3.63) is 54.1 Å². The number of hydrogen-bond donors (Lipinski definition) is 1. The number of para-hydroxylation sites is 1. The number of benzene rings is 2. The highest BCUT2D eigenvalue weighted by atomic mass is 32.2. The predicted octanol–water partition coefficient (Wildman–Crippen LogP) is 2.50. The molecule has 6 nitrogen and oxygen atoms in total. The maximum absolute atomic E-state index is 11.5. The second kappa shape index (κ2) is 8.43. The van der Waals surface area contributed by atoms with Gasteiger partial charge in [-0.3, -0.25) is 0 Å². The van der Waals surface area contributed by atoms with Crippen LogP contribution in [0.15, 0.2) is 58.4 Å². The van der Waals surface area contributed by atoms with Gasteiger partial charge in [-0.25, -0.2) is 13.4 Å². The maximum Gasteiger partial charge on any atom is 0.198 e. The number of ether oxygens (including phenoxy) is 1. The van der Waals surface area contributed by atoms with Crippen LogP contribution in [0.25, 0.3) is 0 Å². The van der Waals surface area contributed by atoms with E-state index in [1.807, 2.05) is 6.07 Å². The molecule has 2 aromatic carbocycles. The predicted molar refractivity (Wildman–Crippen MR) is 109 cm³/mol. The summed E-state index contributed by atoms with van der Waals surface area (Å²) in [7, 11) is -3.19. The fraction of sp³-hybridized carbons (Fsp3) is 0.350. The summed E-state index contributed by atoms with van der Waals surface area (Å²) >= 11 is 0. The summed E-state index contributed by atoms with van der Waals surface area (Å²) in [5, 5.41) is 3.34. The van der Waals surface area contributed by atoms with Crippen molar-refractivity contribution in [2.24, 2.45) is 4.99 Å². The number of nitrogens with one attached hydrogen (secondary N) is 1. The summed E-state index contributed by atoms with van der Waals surface area (Å²) < 4.78 is 28.7. The summed E-state index contributed by atoms with van der Waals surface area (Å²) in [4.78, 5) is 7.17. The Kier molecular flexibility index (Phi) is 6.01. The molecule has 0 saturated carbocycles. The molecule has 1 N–H and O–H groups in total. The third-order valence-electron chi connectivity index (χ3n) is 4.35. The lowest BCUT2D eigenvalue weighted by Gasteiger charge is -2.22. The summed E-state index contributed by atoms with van der Waals surface area (Å²) in [6.45, 7) is 4.69. The third-order valence-corrected chi connectivity index (χ3v) is 5.48. The molecule has 0 bridgehead atoms. The van der Waals surface area contributed by atoms with Crippen molar-refractivity contribution in [3.63, 3.8) is 0 Å². The Labute approximate surface area is 160 Å². The van der Waals surface area contributed by atoms with Gasteiger partial charge in [-0.1, -0.05) is 18.2 Å². The van der Waals surface area contributed by atoms with E-state index in [4.69, 9.17) is 4.74 Å². The number of fused-ring (bicyclic) bond motifs is 1. The first-order chi connectivity index (χ1) is 13.0. The second-order valence-electron chi connectivity index (χ2n) is 6.36. The molecule has 27 heavy (non-hydrogen) atoms. The van der Waals surface area contributed by atoms with E-state index in [-0.39, 0.29) is 4.90 Å². The van der Waals surface area contributed by atoms with Crippen LogP contribution in [0.5, 0.6) is 5.75 Å². The van der Waals surface area contributed by atoms with Gasteiger partial charge in [0.25, 0.3) is 0 Å². The van der Waals surface area contributed by atoms with Gasteiger partial charge in [-0.15, -0.1) is 0 Å². The minimum atomic E-state index is -3.19. The molecule has 0 amide bonds. The molecule has 1 aliphatic heterocycles. The van der Waals surface area contributed by atoms with Crippen molar-refractivity contribution in [1.82, 2.24) is 5.32 Å². The summed E-state index contributed by atoms with van der Waals surface area (Å²) in [5.41, 5.74) is 2.54. The monoisotopic (exact) mass is 387 g/mol. The fourth-order valence-electron chi connectivity index (χ4n) is 3.05. The van der Waals surface area contributed by atoms with Crippen LogP contribution in [0.4, 0.5) is 5.69 Å². The Morgan fingerprint density at radius 2 is 1.93 bits per heavy atom. The topological polar surface area (TPSA) is 71.0 Å². The molecule has 7 heteroatoms. The van der Waals surface area contributed by atoms with Crippen LogP contribution in [0.1, 0.15) is 12.5 Å². The molecule has 2 aromatic rings. The zero-order valence-corrected chi connectivity index (χ0v) is 16.5. The van der Waals surface area contributed by atoms with Crippen molar-refractivity contribution < 1.29 is 13.2 Å². The highest BCUT2D eigenvalue weighted by molar-refractivity contribution is 7.90. The molecule has 1 heterocycles. The first kappa shape index (κ1) is 19.2. The third kappa shape index (κ3) is 4.80. The van der Waals surface area contributed by atoms with E-state index in [1.54, 1.807) is 24.3 Å². The van der Waals surface area contributed by atoms with Crippen LogP contribution in [0.3, 0.4) is 0 Å². The van der Waals surface area contributed by atoms with E-state index in [9.17, 15) is 8.42 Å². The molecule has 0 radical (unpaired) electrons. The molecule has 0 aromatic heterocycles. The average molecular weight is 388 g/mol.